The summed E-state index contributed by atoms with van der Waals surface area (Å²) >= 11 is -2.22. The molecule has 1 heterocycles. The van der Waals surface area contributed by atoms with Crippen LogP contribution in [0.5, 0.6) is 5.75 Å². The molecule has 0 bridgehead atoms. The monoisotopic (exact) mass is 257 g/mol. The molecule has 2 rings (SSSR count). The van der Waals surface area contributed by atoms with Crippen LogP contribution in [0, 0.1) is 0 Å². The van der Waals surface area contributed by atoms with Gasteiger partial charge in [0.15, 0.2) is 0 Å². The zero-order chi connectivity index (χ0) is 12.8. The molecule has 17 heavy (non-hydrogen) atoms. The Morgan fingerprint density at radius 3 is 2.71 bits per heavy atom. The van der Waals surface area contributed by atoms with Crippen molar-refractivity contribution in [2.75, 3.05) is 18.9 Å². The second kappa shape index (κ2) is 6.58. The van der Waals surface area contributed by atoms with Gasteiger partial charge in [0.25, 0.3) is 0 Å². The summed E-state index contributed by atoms with van der Waals surface area (Å²) in [6.07, 6.45) is 1.82. The highest BCUT2D eigenvalue weighted by molar-refractivity contribution is 7.79. The third kappa shape index (κ3) is 3.69. The number of fused-ring (bicyclic) bond motifs is 1. The summed E-state index contributed by atoms with van der Waals surface area (Å²) in [6, 6.07) is 3.01. The van der Waals surface area contributed by atoms with Crippen LogP contribution in [-0.4, -0.2) is 21.9 Å². The van der Waals surface area contributed by atoms with E-state index in [0.29, 0.717) is 18.0 Å². The predicted octanol–water partition coefficient (Wildman–Crippen LogP) is 0.797. The minimum absolute atomic E-state index is 0.224. The van der Waals surface area contributed by atoms with E-state index in [1.165, 1.54) is 6.07 Å². The minimum atomic E-state index is -2.22. The van der Waals surface area contributed by atoms with E-state index in [1.807, 2.05) is 0 Å². The van der Waals surface area contributed by atoms with Crippen molar-refractivity contribution in [3.05, 3.63) is 17.7 Å². The molecule has 0 spiro atoms. The van der Waals surface area contributed by atoms with Crippen molar-refractivity contribution in [3.8, 4) is 5.75 Å². The van der Waals surface area contributed by atoms with Crippen LogP contribution in [0.4, 0.5) is 5.69 Å². The van der Waals surface area contributed by atoms with Gasteiger partial charge in [-0.15, -0.1) is 0 Å². The third-order valence-corrected chi connectivity index (χ3v) is 2.89. The van der Waals surface area contributed by atoms with E-state index >= 15 is 0 Å². The average Bonchev–Trinajstić information content (AvgIpc) is 2.78. The SMILES string of the molecule is CCCN.Nc1cc(S(=O)[O-])cc2c1OCC2. The fourth-order valence-corrected chi connectivity index (χ4v) is 1.87. The number of rotatable bonds is 2. The summed E-state index contributed by atoms with van der Waals surface area (Å²) < 4.78 is 26.6. The molecular weight excluding hydrogens is 240 g/mol. The van der Waals surface area contributed by atoms with Gasteiger partial charge in [-0.2, -0.15) is 0 Å². The molecule has 1 aliphatic heterocycles. The van der Waals surface area contributed by atoms with Crippen molar-refractivity contribution in [2.45, 2.75) is 24.7 Å². The van der Waals surface area contributed by atoms with Crippen molar-refractivity contribution in [1.29, 1.82) is 0 Å². The molecule has 0 saturated carbocycles. The van der Waals surface area contributed by atoms with Gasteiger partial charge in [0.1, 0.15) is 5.75 Å². The van der Waals surface area contributed by atoms with Crippen molar-refractivity contribution in [2.24, 2.45) is 5.73 Å². The van der Waals surface area contributed by atoms with Gasteiger partial charge in [0, 0.05) is 16.9 Å². The van der Waals surface area contributed by atoms with E-state index in [4.69, 9.17) is 16.2 Å². The van der Waals surface area contributed by atoms with Crippen molar-refractivity contribution >= 4 is 16.8 Å². The fraction of sp³-hybridized carbons (Fsp3) is 0.455. The van der Waals surface area contributed by atoms with Crippen LogP contribution in [0.25, 0.3) is 0 Å². The first-order valence-corrected chi connectivity index (χ1v) is 6.52. The van der Waals surface area contributed by atoms with Gasteiger partial charge in [-0.3, -0.25) is 4.21 Å². The maximum atomic E-state index is 10.7. The number of nitrogen functional groups attached to an aromatic ring is 1. The van der Waals surface area contributed by atoms with Gasteiger partial charge in [-0.25, -0.2) is 0 Å². The molecule has 0 amide bonds. The normalized spacial score (nSPS) is 14.3. The molecule has 0 fully saturated rings. The van der Waals surface area contributed by atoms with Crippen LogP contribution in [0.1, 0.15) is 18.9 Å². The van der Waals surface area contributed by atoms with Gasteiger partial charge in [0.2, 0.25) is 0 Å². The smallest absolute Gasteiger partial charge is 0.145 e. The number of nitrogens with two attached hydrogens (primary N) is 2. The first-order valence-electron chi connectivity index (χ1n) is 5.44. The van der Waals surface area contributed by atoms with Gasteiger partial charge in [-0.05, 0) is 36.2 Å². The lowest BCUT2D eigenvalue weighted by Crippen LogP contribution is -1.95. The second-order valence-electron chi connectivity index (χ2n) is 3.62. The Kier molecular flexibility index (Phi) is 5.40. The predicted molar refractivity (Wildman–Crippen MR) is 66.6 cm³/mol. The fourth-order valence-electron chi connectivity index (χ4n) is 1.40. The molecular formula is C11H17N2O3S-. The summed E-state index contributed by atoms with van der Waals surface area (Å²) in [4.78, 5) is 0.224. The van der Waals surface area contributed by atoms with Crippen LogP contribution in [0.2, 0.25) is 0 Å². The average molecular weight is 257 g/mol. The summed E-state index contributed by atoms with van der Waals surface area (Å²) in [6.45, 7) is 3.45. The van der Waals surface area contributed by atoms with Crippen LogP contribution in [-0.2, 0) is 17.5 Å². The molecule has 1 aliphatic rings. The first-order chi connectivity index (χ1) is 8.10. The van der Waals surface area contributed by atoms with E-state index in [-0.39, 0.29) is 4.90 Å². The number of hydrogen-bond donors (Lipinski definition) is 2. The van der Waals surface area contributed by atoms with Crippen LogP contribution < -0.4 is 16.2 Å². The lowest BCUT2D eigenvalue weighted by Gasteiger charge is -2.09. The van der Waals surface area contributed by atoms with E-state index in [1.54, 1.807) is 6.07 Å². The second-order valence-corrected chi connectivity index (χ2v) is 4.56. The summed E-state index contributed by atoms with van der Waals surface area (Å²) in [7, 11) is 0. The highest BCUT2D eigenvalue weighted by Gasteiger charge is 2.16. The van der Waals surface area contributed by atoms with E-state index < -0.39 is 11.1 Å². The molecule has 5 nitrogen and oxygen atoms in total. The molecule has 6 heteroatoms. The Bertz CT molecular complexity index is 408. The molecule has 1 aromatic carbocycles. The van der Waals surface area contributed by atoms with Gasteiger partial charge in [0.05, 0.1) is 12.3 Å². The van der Waals surface area contributed by atoms with Crippen LogP contribution in [0.3, 0.4) is 0 Å². The summed E-state index contributed by atoms with van der Waals surface area (Å²) in [5.41, 5.74) is 11.9. The molecule has 4 N–H and O–H groups in total. The van der Waals surface area contributed by atoms with Crippen LogP contribution in [0.15, 0.2) is 17.0 Å². The Morgan fingerprint density at radius 2 is 2.18 bits per heavy atom. The number of anilines is 1. The lowest BCUT2D eigenvalue weighted by atomic mass is 10.1. The quantitative estimate of drug-likeness (QED) is 0.602. The van der Waals surface area contributed by atoms with Crippen molar-refractivity contribution in [1.82, 2.24) is 0 Å². The standard InChI is InChI=1S/C8H9NO3S.C3H9N/c9-7-4-6(13(10)11)3-5-1-2-12-8(5)7;1-2-3-4/h3-4H,1-2,9H2,(H,10,11);2-4H2,1H3/p-1. The van der Waals surface area contributed by atoms with Crippen molar-refractivity contribution in [3.63, 3.8) is 0 Å². The molecule has 1 unspecified atom stereocenters. The molecule has 1 atom stereocenters. The van der Waals surface area contributed by atoms with Crippen molar-refractivity contribution < 1.29 is 13.5 Å². The summed E-state index contributed by atoms with van der Waals surface area (Å²) in [5, 5.41) is 0. The molecule has 1 aromatic rings. The molecule has 0 saturated heterocycles. The molecule has 0 radical (unpaired) electrons. The number of benzene rings is 1. The number of hydrogen-bond acceptors (Lipinski definition) is 5. The zero-order valence-electron chi connectivity index (χ0n) is 9.77. The Balaban J connectivity index is 0.000000317. The topological polar surface area (TPSA) is 101 Å². The van der Waals surface area contributed by atoms with Gasteiger partial charge in [-0.1, -0.05) is 6.92 Å². The Hall–Kier alpha value is -1.11. The molecule has 96 valence electrons. The van der Waals surface area contributed by atoms with E-state index in [2.05, 4.69) is 6.92 Å². The highest BCUT2D eigenvalue weighted by atomic mass is 32.2. The maximum Gasteiger partial charge on any atom is 0.145 e. The zero-order valence-corrected chi connectivity index (χ0v) is 10.6. The van der Waals surface area contributed by atoms with Gasteiger partial charge < -0.3 is 20.8 Å². The minimum Gasteiger partial charge on any atom is -0.768 e. The van der Waals surface area contributed by atoms with Crippen LogP contribution >= 0.6 is 0 Å². The third-order valence-electron chi connectivity index (χ3n) is 2.27. The summed E-state index contributed by atoms with van der Waals surface area (Å²) in [5.74, 6) is 0.634. The van der Waals surface area contributed by atoms with E-state index in [9.17, 15) is 8.76 Å². The van der Waals surface area contributed by atoms with E-state index in [0.717, 1.165) is 24.9 Å². The Morgan fingerprint density at radius 1 is 1.53 bits per heavy atom. The Labute approximate surface area is 103 Å². The maximum absolute atomic E-state index is 10.7. The molecule has 0 aliphatic carbocycles. The van der Waals surface area contributed by atoms with Gasteiger partial charge >= 0.3 is 0 Å². The highest BCUT2D eigenvalue weighted by Crippen LogP contribution is 2.33. The first kappa shape index (κ1) is 14.0. The largest absolute Gasteiger partial charge is 0.768 e. The molecule has 0 aromatic heterocycles. The lowest BCUT2D eigenvalue weighted by molar-refractivity contribution is 0.358. The number of ether oxygens (including phenoxy) is 1.